The van der Waals surface area contributed by atoms with E-state index in [1.807, 2.05) is 74.5 Å². The van der Waals surface area contributed by atoms with E-state index in [9.17, 15) is 19.2 Å². The molecule has 0 saturated heterocycles. The number of benzene rings is 2. The highest BCUT2D eigenvalue weighted by molar-refractivity contribution is 5.98. The molecular formula is C26H30N4O6. The van der Waals surface area contributed by atoms with Gasteiger partial charge in [-0.25, -0.2) is 9.59 Å². The van der Waals surface area contributed by atoms with Crippen LogP contribution in [0.2, 0.25) is 0 Å². The lowest BCUT2D eigenvalue weighted by molar-refractivity contribution is -0.120. The zero-order chi connectivity index (χ0) is 25.9. The summed E-state index contributed by atoms with van der Waals surface area (Å²) in [5.74, 6) is -2.19. The van der Waals surface area contributed by atoms with Crippen LogP contribution in [0.25, 0.3) is 0 Å². The second-order valence-corrected chi connectivity index (χ2v) is 8.67. The van der Waals surface area contributed by atoms with Crippen LogP contribution in [-0.2, 0) is 29.1 Å². The van der Waals surface area contributed by atoms with Crippen LogP contribution in [0.1, 0.15) is 42.1 Å². The second kappa shape index (κ2) is 13.0. The maximum absolute atomic E-state index is 13.1. The molecule has 0 aliphatic carbocycles. The molecule has 3 rings (SSSR count). The lowest BCUT2D eigenvalue weighted by Crippen LogP contribution is -2.46. The van der Waals surface area contributed by atoms with Crippen molar-refractivity contribution in [3.05, 3.63) is 88.2 Å². The molecule has 2 aromatic carbocycles. The van der Waals surface area contributed by atoms with Gasteiger partial charge < -0.3 is 19.8 Å². The molecule has 0 radical (unpaired) electrons. The topological polar surface area (TPSA) is 133 Å². The van der Waals surface area contributed by atoms with Gasteiger partial charge in [-0.1, -0.05) is 74.5 Å². The first kappa shape index (κ1) is 26.4. The number of aryl methyl sites for hydroxylation is 1. The Hall–Kier alpha value is -4.21. The van der Waals surface area contributed by atoms with Crippen molar-refractivity contribution in [3.63, 3.8) is 0 Å². The van der Waals surface area contributed by atoms with Crippen molar-refractivity contribution in [1.29, 1.82) is 0 Å². The van der Waals surface area contributed by atoms with E-state index >= 15 is 0 Å². The zero-order valence-corrected chi connectivity index (χ0v) is 20.3. The van der Waals surface area contributed by atoms with E-state index in [0.717, 1.165) is 15.8 Å². The molecule has 10 nitrogen and oxygen atoms in total. The smallest absolute Gasteiger partial charge is 0.437 e. The summed E-state index contributed by atoms with van der Waals surface area (Å²) in [6, 6.07) is 17.6. The first-order valence-electron chi connectivity index (χ1n) is 11.7. The summed E-state index contributed by atoms with van der Waals surface area (Å²) in [5.41, 5.74) is 1.78. The number of nitrogens with zero attached hydrogens (tertiary/aromatic N) is 2. The van der Waals surface area contributed by atoms with Gasteiger partial charge in [-0.05, 0) is 29.9 Å². The summed E-state index contributed by atoms with van der Waals surface area (Å²) in [6.45, 7) is 3.78. The summed E-state index contributed by atoms with van der Waals surface area (Å²) in [7, 11) is 0. The Balaban J connectivity index is 1.61. The number of alkyl carbamates (subject to hydrolysis) is 1. The summed E-state index contributed by atoms with van der Waals surface area (Å²) in [4.78, 5) is 49.7. The van der Waals surface area contributed by atoms with E-state index < -0.39 is 36.1 Å². The minimum atomic E-state index is -1.01. The van der Waals surface area contributed by atoms with Crippen molar-refractivity contribution >= 4 is 17.8 Å². The van der Waals surface area contributed by atoms with Crippen LogP contribution in [0.4, 0.5) is 4.79 Å². The van der Waals surface area contributed by atoms with Crippen LogP contribution in [0.15, 0.2) is 69.9 Å². The van der Waals surface area contributed by atoms with E-state index in [1.54, 1.807) is 0 Å². The molecule has 0 bridgehead atoms. The molecule has 36 heavy (non-hydrogen) atoms. The lowest BCUT2D eigenvalue weighted by Gasteiger charge is -2.16. The van der Waals surface area contributed by atoms with Crippen LogP contribution in [0.3, 0.4) is 0 Å². The van der Waals surface area contributed by atoms with Crippen LogP contribution in [0.5, 0.6) is 0 Å². The van der Waals surface area contributed by atoms with E-state index in [-0.39, 0.29) is 24.8 Å². The third-order valence-electron chi connectivity index (χ3n) is 5.18. The maximum atomic E-state index is 13.1. The van der Waals surface area contributed by atoms with E-state index in [1.165, 1.54) is 0 Å². The molecule has 2 N–H and O–H groups in total. The van der Waals surface area contributed by atoms with Crippen LogP contribution in [-0.4, -0.2) is 40.2 Å². The number of nitrogens with one attached hydrogen (secondary N) is 2. The molecule has 0 fully saturated rings. The van der Waals surface area contributed by atoms with Crippen molar-refractivity contribution in [2.24, 2.45) is 5.92 Å². The van der Waals surface area contributed by atoms with Gasteiger partial charge in [0.25, 0.3) is 5.89 Å². The van der Waals surface area contributed by atoms with Gasteiger partial charge >= 0.3 is 11.8 Å². The Labute approximate surface area is 208 Å². The fourth-order valence-corrected chi connectivity index (χ4v) is 3.41. The van der Waals surface area contributed by atoms with Gasteiger partial charge in [0.1, 0.15) is 13.2 Å². The number of ether oxygens (including phenoxy) is 1. The highest BCUT2D eigenvalue weighted by atomic mass is 16.5. The van der Waals surface area contributed by atoms with Crippen molar-refractivity contribution in [1.82, 2.24) is 20.4 Å². The molecule has 0 aliphatic heterocycles. The number of Topliss-reactive ketones (excluding diaryl/α,β-unsaturated/α-hetero) is 1. The predicted octanol–water partition coefficient (Wildman–Crippen LogP) is 2.72. The molecule has 10 heteroatoms. The second-order valence-electron chi connectivity index (χ2n) is 8.67. The average molecular weight is 495 g/mol. The predicted molar refractivity (Wildman–Crippen MR) is 131 cm³/mol. The largest absolute Gasteiger partial charge is 0.445 e. The summed E-state index contributed by atoms with van der Waals surface area (Å²) in [5, 5.41) is 8.99. The van der Waals surface area contributed by atoms with Gasteiger partial charge in [0, 0.05) is 0 Å². The highest BCUT2D eigenvalue weighted by Crippen LogP contribution is 2.10. The molecular weight excluding hydrogens is 464 g/mol. The first-order valence-corrected chi connectivity index (χ1v) is 11.7. The quantitative estimate of drug-likeness (QED) is 0.370. The van der Waals surface area contributed by atoms with Crippen molar-refractivity contribution in [2.75, 3.05) is 6.54 Å². The van der Waals surface area contributed by atoms with Crippen LogP contribution in [0, 0.1) is 5.92 Å². The summed E-state index contributed by atoms with van der Waals surface area (Å²) < 4.78 is 11.3. The number of rotatable bonds is 12. The molecule has 190 valence electrons. The standard InChI is InChI=1S/C26H30N4O6/c1-18(2)16-30-26(34)36-24(29-30)23(32)21(14-13-19-9-5-3-6-10-19)28-22(31)15-27-25(33)35-17-20-11-7-4-8-12-20/h3-12,18,21H,13-17H2,1-2H3,(H,27,33)(H,28,31)/t21-/m0/s1. The fraction of sp³-hybridized carbons (Fsp3) is 0.346. The normalized spacial score (nSPS) is 11.6. The maximum Gasteiger partial charge on any atom is 0.437 e. The average Bonchev–Trinajstić information content (AvgIpc) is 3.24. The number of carbonyl (C=O) groups excluding carboxylic acids is 3. The lowest BCUT2D eigenvalue weighted by atomic mass is 10.0. The summed E-state index contributed by atoms with van der Waals surface area (Å²) in [6.07, 6.45) is -0.0333. The summed E-state index contributed by atoms with van der Waals surface area (Å²) >= 11 is 0. The monoisotopic (exact) mass is 494 g/mol. The van der Waals surface area contributed by atoms with Gasteiger partial charge in [0.05, 0.1) is 12.6 Å². The number of amides is 2. The van der Waals surface area contributed by atoms with Gasteiger partial charge in [-0.3, -0.25) is 9.59 Å². The molecule has 1 heterocycles. The Morgan fingerprint density at radius 3 is 2.28 bits per heavy atom. The molecule has 1 aromatic heterocycles. The number of aromatic nitrogens is 2. The molecule has 0 aliphatic rings. The molecule has 2 amide bonds. The number of hydrogen-bond acceptors (Lipinski definition) is 7. The van der Waals surface area contributed by atoms with Crippen molar-refractivity contribution in [3.8, 4) is 0 Å². The molecule has 0 unspecified atom stereocenters. The first-order chi connectivity index (χ1) is 17.3. The van der Waals surface area contributed by atoms with Gasteiger partial charge in [-0.15, -0.1) is 5.10 Å². The molecule has 0 saturated carbocycles. The zero-order valence-electron chi connectivity index (χ0n) is 20.3. The van der Waals surface area contributed by atoms with Gasteiger partial charge in [0.2, 0.25) is 11.7 Å². The molecule has 3 aromatic rings. The number of hydrogen-bond donors (Lipinski definition) is 2. The van der Waals surface area contributed by atoms with Crippen molar-refractivity contribution < 1.29 is 23.5 Å². The van der Waals surface area contributed by atoms with Gasteiger partial charge in [0.15, 0.2) is 0 Å². The van der Waals surface area contributed by atoms with E-state index in [4.69, 9.17) is 9.15 Å². The molecule has 1 atom stereocenters. The van der Waals surface area contributed by atoms with Crippen LogP contribution >= 0.6 is 0 Å². The third-order valence-corrected chi connectivity index (χ3v) is 5.18. The minimum absolute atomic E-state index is 0.0601. The van der Waals surface area contributed by atoms with E-state index in [0.29, 0.717) is 13.0 Å². The number of ketones is 1. The van der Waals surface area contributed by atoms with Gasteiger partial charge in [-0.2, -0.15) is 4.68 Å². The Morgan fingerprint density at radius 2 is 1.64 bits per heavy atom. The number of carbonyl (C=O) groups is 3. The van der Waals surface area contributed by atoms with Crippen LogP contribution < -0.4 is 16.4 Å². The Kier molecular flexibility index (Phi) is 9.56. The highest BCUT2D eigenvalue weighted by Gasteiger charge is 2.27. The van der Waals surface area contributed by atoms with E-state index in [2.05, 4.69) is 15.7 Å². The third kappa shape index (κ3) is 8.23. The minimum Gasteiger partial charge on any atom is -0.445 e. The van der Waals surface area contributed by atoms with Crippen molar-refractivity contribution in [2.45, 2.75) is 45.9 Å². The Bertz CT molecular complexity index is 1200. The fourth-order valence-electron chi connectivity index (χ4n) is 3.41. The Morgan fingerprint density at radius 1 is 1.00 bits per heavy atom. The SMILES string of the molecule is CC(C)Cn1nc(C(=O)[C@H](CCc2ccccc2)NC(=O)CNC(=O)OCc2ccccc2)oc1=O. The molecule has 0 spiro atoms.